The molecule has 0 bridgehead atoms. The second-order valence-corrected chi connectivity index (χ2v) is 4.42. The van der Waals surface area contributed by atoms with Crippen molar-refractivity contribution in [2.75, 3.05) is 6.26 Å². The molecule has 1 rings (SSSR count). The average Bonchev–Trinajstić information content (AvgIpc) is 2.32. The first-order valence-corrected chi connectivity index (χ1v) is 6.39. The molecule has 18 heavy (non-hydrogen) atoms. The second-order valence-electron chi connectivity index (χ2n) is 2.84. The summed E-state index contributed by atoms with van der Waals surface area (Å²) in [7, 11) is 0. The number of halogens is 2. The van der Waals surface area contributed by atoms with Crippen molar-refractivity contribution in [2.24, 2.45) is 4.99 Å². The van der Waals surface area contributed by atoms with Crippen LogP contribution in [0.15, 0.2) is 17.1 Å². The molecule has 0 spiro atoms. The van der Waals surface area contributed by atoms with Gasteiger partial charge in [-0.25, -0.2) is 4.99 Å². The zero-order chi connectivity index (χ0) is 13.7. The molecular weight excluding hydrogens is 299 g/mol. The summed E-state index contributed by atoms with van der Waals surface area (Å²) in [6.07, 6.45) is 3.38. The summed E-state index contributed by atoms with van der Waals surface area (Å²) >= 11 is 12.9. The first-order chi connectivity index (χ1) is 8.51. The van der Waals surface area contributed by atoms with E-state index in [9.17, 15) is 10.1 Å². The van der Waals surface area contributed by atoms with E-state index in [2.05, 4.69) is 10.3 Å². The number of hydrogen-bond acceptors (Lipinski definition) is 5. The molecular formula is C9H6Cl2N4O2S. The number of hydrogen-bond donors (Lipinski definition) is 1. The maximum atomic E-state index is 10.7. The van der Waals surface area contributed by atoms with Crippen molar-refractivity contribution in [3.8, 4) is 6.19 Å². The summed E-state index contributed by atoms with van der Waals surface area (Å²) in [6, 6.07) is 2.52. The lowest BCUT2D eigenvalue weighted by Crippen LogP contribution is -2.12. The zero-order valence-electron chi connectivity index (χ0n) is 8.98. The van der Waals surface area contributed by atoms with Crippen LogP contribution in [0.2, 0.25) is 10.0 Å². The number of nitro groups is 1. The number of nitriles is 1. The third kappa shape index (κ3) is 3.26. The monoisotopic (exact) mass is 304 g/mol. The Morgan fingerprint density at radius 3 is 2.78 bits per heavy atom. The number of nitrogens with one attached hydrogen (secondary N) is 1. The lowest BCUT2D eigenvalue weighted by atomic mass is 10.3. The second kappa shape index (κ2) is 6.44. The molecule has 94 valence electrons. The van der Waals surface area contributed by atoms with Crippen molar-refractivity contribution in [2.45, 2.75) is 0 Å². The maximum absolute atomic E-state index is 10.7. The van der Waals surface area contributed by atoms with Crippen molar-refractivity contribution >= 4 is 51.5 Å². The first-order valence-electron chi connectivity index (χ1n) is 4.41. The van der Waals surface area contributed by atoms with Crippen molar-refractivity contribution in [1.82, 2.24) is 5.32 Å². The van der Waals surface area contributed by atoms with Crippen molar-refractivity contribution in [1.29, 1.82) is 5.26 Å². The minimum atomic E-state index is -0.631. The molecule has 1 aromatic rings. The van der Waals surface area contributed by atoms with Gasteiger partial charge >= 0.3 is 0 Å². The van der Waals surface area contributed by atoms with E-state index in [0.29, 0.717) is 0 Å². The van der Waals surface area contributed by atoms with Crippen LogP contribution in [0.25, 0.3) is 0 Å². The Morgan fingerprint density at radius 2 is 2.28 bits per heavy atom. The highest BCUT2D eigenvalue weighted by molar-refractivity contribution is 8.13. The van der Waals surface area contributed by atoms with Crippen molar-refractivity contribution < 1.29 is 4.92 Å². The Labute approximate surface area is 117 Å². The van der Waals surface area contributed by atoms with E-state index < -0.39 is 4.92 Å². The van der Waals surface area contributed by atoms with Crippen LogP contribution in [0.3, 0.4) is 0 Å². The molecule has 1 aromatic carbocycles. The largest absolute Gasteiger partial charge is 0.290 e. The SMILES string of the molecule is CSC(=Nc1c(Cl)ccc([N+](=O)[O-])c1Cl)NC#N. The van der Waals surface area contributed by atoms with Gasteiger partial charge in [-0.1, -0.05) is 35.0 Å². The predicted octanol–water partition coefficient (Wildman–Crippen LogP) is 3.32. The number of nitrogens with zero attached hydrogens (tertiary/aromatic N) is 3. The number of nitro benzene ring substituents is 1. The Balaban J connectivity index is 3.36. The zero-order valence-corrected chi connectivity index (χ0v) is 11.3. The van der Waals surface area contributed by atoms with Crippen LogP contribution in [0.4, 0.5) is 11.4 Å². The molecule has 0 heterocycles. The third-order valence-electron chi connectivity index (χ3n) is 1.81. The number of benzene rings is 1. The van der Waals surface area contributed by atoms with E-state index in [1.807, 2.05) is 0 Å². The molecule has 0 amide bonds. The minimum Gasteiger partial charge on any atom is -0.271 e. The molecule has 0 aromatic heterocycles. The summed E-state index contributed by atoms with van der Waals surface area (Å²) < 4.78 is 0. The topological polar surface area (TPSA) is 91.3 Å². The Bertz CT molecular complexity index is 556. The highest BCUT2D eigenvalue weighted by Gasteiger charge is 2.18. The third-order valence-corrected chi connectivity index (χ3v) is 3.07. The summed E-state index contributed by atoms with van der Waals surface area (Å²) in [5.74, 6) is 0. The van der Waals surface area contributed by atoms with Gasteiger partial charge < -0.3 is 0 Å². The van der Waals surface area contributed by atoms with Crippen LogP contribution in [0.5, 0.6) is 0 Å². The molecule has 0 unspecified atom stereocenters. The summed E-state index contributed by atoms with van der Waals surface area (Å²) in [5.41, 5.74) is -0.239. The van der Waals surface area contributed by atoms with Gasteiger partial charge in [-0.3, -0.25) is 15.4 Å². The van der Waals surface area contributed by atoms with Gasteiger partial charge in [-0.2, -0.15) is 5.26 Å². The fraction of sp³-hybridized carbons (Fsp3) is 0.111. The molecule has 0 saturated carbocycles. The summed E-state index contributed by atoms with van der Waals surface area (Å²) in [4.78, 5) is 14.1. The van der Waals surface area contributed by atoms with Gasteiger partial charge in [0.15, 0.2) is 11.4 Å². The smallest absolute Gasteiger partial charge is 0.271 e. The molecule has 0 atom stereocenters. The predicted molar refractivity (Wildman–Crippen MR) is 72.5 cm³/mol. The number of amidine groups is 1. The van der Waals surface area contributed by atoms with Crippen LogP contribution in [-0.4, -0.2) is 16.3 Å². The molecule has 0 aliphatic rings. The quantitative estimate of drug-likeness (QED) is 0.226. The fourth-order valence-electron chi connectivity index (χ4n) is 1.05. The lowest BCUT2D eigenvalue weighted by Gasteiger charge is -2.04. The minimum absolute atomic E-state index is 0.0552. The van der Waals surface area contributed by atoms with Crippen LogP contribution in [0, 0.1) is 21.6 Å². The standard InChI is InChI=1S/C9H6Cl2N4O2S/c1-18-9(13-4-12)14-8-5(10)2-3-6(7(8)11)15(16)17/h2-3H,1H3,(H,13,14). The van der Waals surface area contributed by atoms with Crippen molar-refractivity contribution in [3.05, 3.63) is 32.3 Å². The Hall–Kier alpha value is -1.49. The molecule has 9 heteroatoms. The van der Waals surface area contributed by atoms with Gasteiger partial charge in [0, 0.05) is 6.07 Å². The van der Waals surface area contributed by atoms with Crippen LogP contribution < -0.4 is 5.32 Å². The van der Waals surface area contributed by atoms with Gasteiger partial charge in [0.1, 0.15) is 10.7 Å². The van der Waals surface area contributed by atoms with E-state index in [1.54, 1.807) is 12.4 Å². The molecule has 0 aliphatic carbocycles. The molecule has 0 aliphatic heterocycles. The number of thioether (sulfide) groups is 1. The normalized spacial score (nSPS) is 10.9. The number of aliphatic imine (C=N–C) groups is 1. The van der Waals surface area contributed by atoms with E-state index in [4.69, 9.17) is 28.5 Å². The highest BCUT2D eigenvalue weighted by atomic mass is 35.5. The van der Waals surface area contributed by atoms with Crippen molar-refractivity contribution in [3.63, 3.8) is 0 Å². The Morgan fingerprint density at radius 1 is 1.61 bits per heavy atom. The van der Waals surface area contributed by atoms with E-state index in [1.165, 1.54) is 12.1 Å². The van der Waals surface area contributed by atoms with E-state index in [-0.39, 0.29) is 26.6 Å². The fourth-order valence-corrected chi connectivity index (χ4v) is 1.90. The van der Waals surface area contributed by atoms with Gasteiger partial charge in [-0.05, 0) is 12.3 Å². The first kappa shape index (κ1) is 14.6. The van der Waals surface area contributed by atoms with Crippen LogP contribution in [0.1, 0.15) is 0 Å². The summed E-state index contributed by atoms with van der Waals surface area (Å²) in [6.45, 7) is 0. The molecule has 6 nitrogen and oxygen atoms in total. The lowest BCUT2D eigenvalue weighted by molar-refractivity contribution is -0.384. The number of rotatable bonds is 2. The molecule has 0 saturated heterocycles. The average molecular weight is 305 g/mol. The molecule has 1 N–H and O–H groups in total. The van der Waals surface area contributed by atoms with Gasteiger partial charge in [0.25, 0.3) is 5.69 Å². The molecule has 0 fully saturated rings. The van der Waals surface area contributed by atoms with E-state index >= 15 is 0 Å². The Kier molecular flexibility index (Phi) is 5.22. The molecule has 0 radical (unpaired) electrons. The summed E-state index contributed by atoms with van der Waals surface area (Å²) in [5, 5.41) is 21.8. The highest BCUT2D eigenvalue weighted by Crippen LogP contribution is 2.39. The van der Waals surface area contributed by atoms with Gasteiger partial charge in [-0.15, -0.1) is 0 Å². The van der Waals surface area contributed by atoms with Crippen LogP contribution in [-0.2, 0) is 0 Å². The van der Waals surface area contributed by atoms with Gasteiger partial charge in [0.05, 0.1) is 9.95 Å². The maximum Gasteiger partial charge on any atom is 0.290 e. The van der Waals surface area contributed by atoms with E-state index in [0.717, 1.165) is 11.8 Å². The van der Waals surface area contributed by atoms with Crippen LogP contribution >= 0.6 is 35.0 Å². The van der Waals surface area contributed by atoms with Gasteiger partial charge in [0.2, 0.25) is 0 Å².